The summed E-state index contributed by atoms with van der Waals surface area (Å²) in [5.41, 5.74) is 2.66. The summed E-state index contributed by atoms with van der Waals surface area (Å²) in [6.45, 7) is 6.96. The van der Waals surface area contributed by atoms with E-state index in [9.17, 15) is 9.18 Å². The molecule has 3 N–H and O–H groups in total. The molecule has 3 aliphatic rings. The van der Waals surface area contributed by atoms with Crippen LogP contribution < -0.4 is 15.4 Å². The summed E-state index contributed by atoms with van der Waals surface area (Å²) in [4.78, 5) is 19.3. The van der Waals surface area contributed by atoms with Gasteiger partial charge in [0.25, 0.3) is 5.91 Å². The summed E-state index contributed by atoms with van der Waals surface area (Å²) in [7, 11) is 0. The van der Waals surface area contributed by atoms with Gasteiger partial charge in [-0.25, -0.2) is 9.38 Å². The molecule has 1 saturated carbocycles. The fraction of sp³-hybridized carbons (Fsp3) is 0.435. The van der Waals surface area contributed by atoms with E-state index >= 15 is 0 Å². The van der Waals surface area contributed by atoms with Crippen molar-refractivity contribution in [2.75, 3.05) is 19.6 Å². The molecule has 4 rings (SSSR count). The van der Waals surface area contributed by atoms with Crippen LogP contribution in [0.5, 0.6) is 5.75 Å². The van der Waals surface area contributed by atoms with Gasteiger partial charge < -0.3 is 25.7 Å². The second kappa shape index (κ2) is 9.03. The number of allylic oxidation sites excluding steroid dienone is 2. The first-order valence-electron chi connectivity index (χ1n) is 10.8. The van der Waals surface area contributed by atoms with Crippen molar-refractivity contribution in [1.29, 1.82) is 5.41 Å². The van der Waals surface area contributed by atoms with Gasteiger partial charge in [-0.15, -0.1) is 0 Å². The number of rotatable bonds is 5. The zero-order valence-corrected chi connectivity index (χ0v) is 19.1. The Morgan fingerprint density at radius 2 is 2.12 bits per heavy atom. The first-order chi connectivity index (χ1) is 15.3. The highest BCUT2D eigenvalue weighted by atomic mass is 35.5. The second-order valence-electron chi connectivity index (χ2n) is 8.33. The molecule has 2 heterocycles. The molecule has 1 aromatic rings. The summed E-state index contributed by atoms with van der Waals surface area (Å²) in [5, 5.41) is 15.4. The largest absolute Gasteiger partial charge is 0.489 e. The third-order valence-corrected chi connectivity index (χ3v) is 6.48. The van der Waals surface area contributed by atoms with Gasteiger partial charge in [-0.2, -0.15) is 0 Å². The lowest BCUT2D eigenvalue weighted by atomic mass is 9.89. The number of carbonyl (C=O) groups is 1. The van der Waals surface area contributed by atoms with Gasteiger partial charge in [0.05, 0.1) is 35.1 Å². The monoisotopic (exact) mass is 459 g/mol. The van der Waals surface area contributed by atoms with Crippen LogP contribution in [0, 0.1) is 11.2 Å². The zero-order chi connectivity index (χ0) is 23.0. The fourth-order valence-electron chi connectivity index (χ4n) is 4.12. The molecule has 0 bridgehead atoms. The Morgan fingerprint density at radius 3 is 2.81 bits per heavy atom. The molecular formula is C23H27ClFN5O2. The third kappa shape index (κ3) is 4.42. The molecule has 2 fully saturated rings. The summed E-state index contributed by atoms with van der Waals surface area (Å²) >= 11 is 6.20. The number of ether oxygens (including phenoxy) is 1. The molecular weight excluding hydrogens is 433 g/mol. The van der Waals surface area contributed by atoms with E-state index < -0.39 is 5.82 Å². The van der Waals surface area contributed by atoms with Crippen LogP contribution in [-0.4, -0.2) is 54.0 Å². The Hall–Kier alpha value is -2.71. The summed E-state index contributed by atoms with van der Waals surface area (Å²) < 4.78 is 19.9. The SMILES string of the molecule is CCNC1CC(Oc2cc(F)ccc2C(=O)N2CC(=N)/C(=C3/N=C(C)C(Cl)=C(C)N3)C2)C1. The predicted octanol–water partition coefficient (Wildman–Crippen LogP) is 3.57. The minimum atomic E-state index is -0.452. The number of nitrogens with one attached hydrogen (secondary N) is 3. The standard InChI is InChI=1S/C23H27ClFN5O2/c1-4-27-15-8-16(9-15)32-20-7-14(25)5-6-17(20)23(31)30-10-18(19(26)11-30)22-28-12(2)21(24)13(3)29-22/h5-7,15-16,26-28H,4,8-11H2,1-3H3/b22-18+,26-19?. The van der Waals surface area contributed by atoms with Crippen LogP contribution in [0.1, 0.15) is 44.0 Å². The normalized spacial score (nSPS) is 25.5. The lowest BCUT2D eigenvalue weighted by Gasteiger charge is -2.36. The van der Waals surface area contributed by atoms with Crippen molar-refractivity contribution in [3.05, 3.63) is 51.7 Å². The molecule has 1 amide bonds. The van der Waals surface area contributed by atoms with E-state index in [0.717, 1.165) is 25.1 Å². The number of hydrogen-bond donors (Lipinski definition) is 3. The number of carbonyl (C=O) groups excluding carboxylic acids is 1. The summed E-state index contributed by atoms with van der Waals surface area (Å²) in [5.74, 6) is 0.0261. The van der Waals surface area contributed by atoms with E-state index in [1.165, 1.54) is 18.2 Å². The van der Waals surface area contributed by atoms with Crippen LogP contribution >= 0.6 is 11.6 Å². The second-order valence-corrected chi connectivity index (χ2v) is 8.71. The van der Waals surface area contributed by atoms with Gasteiger partial charge in [-0.3, -0.25) is 4.79 Å². The molecule has 7 nitrogen and oxygen atoms in total. The van der Waals surface area contributed by atoms with E-state index in [4.69, 9.17) is 21.7 Å². The van der Waals surface area contributed by atoms with E-state index in [0.29, 0.717) is 39.5 Å². The minimum Gasteiger partial charge on any atom is -0.489 e. The maximum atomic E-state index is 13.9. The molecule has 1 aliphatic carbocycles. The van der Waals surface area contributed by atoms with Gasteiger partial charge in [0.1, 0.15) is 23.5 Å². The van der Waals surface area contributed by atoms with Crippen LogP contribution in [-0.2, 0) is 0 Å². The topological polar surface area (TPSA) is 89.8 Å². The Morgan fingerprint density at radius 1 is 1.38 bits per heavy atom. The quantitative estimate of drug-likeness (QED) is 0.628. The van der Waals surface area contributed by atoms with Crippen molar-refractivity contribution in [2.24, 2.45) is 4.99 Å². The molecule has 0 aromatic heterocycles. The summed E-state index contributed by atoms with van der Waals surface area (Å²) in [6, 6.07) is 4.37. The van der Waals surface area contributed by atoms with E-state index in [-0.39, 0.29) is 30.9 Å². The molecule has 0 spiro atoms. The van der Waals surface area contributed by atoms with Gasteiger partial charge in [0.15, 0.2) is 0 Å². The summed E-state index contributed by atoms with van der Waals surface area (Å²) in [6.07, 6.45) is 1.59. The Balaban J connectivity index is 1.52. The van der Waals surface area contributed by atoms with Gasteiger partial charge in [0, 0.05) is 23.4 Å². The lowest BCUT2D eigenvalue weighted by Crippen LogP contribution is -2.46. The number of benzene rings is 1. The number of hydrogen-bond acceptors (Lipinski definition) is 6. The van der Waals surface area contributed by atoms with Crippen LogP contribution in [0.25, 0.3) is 0 Å². The average Bonchev–Trinajstić information content (AvgIpc) is 3.11. The molecule has 0 atom stereocenters. The first kappa shape index (κ1) is 22.5. The molecule has 1 saturated heterocycles. The van der Waals surface area contributed by atoms with Crippen LogP contribution in [0.3, 0.4) is 0 Å². The molecule has 9 heteroatoms. The Labute approximate surface area is 191 Å². The number of aliphatic imine (C=N–C) groups is 1. The Bertz CT molecular complexity index is 1060. The van der Waals surface area contributed by atoms with Crippen molar-refractivity contribution in [3.8, 4) is 5.75 Å². The average molecular weight is 460 g/mol. The van der Waals surface area contributed by atoms with Crippen molar-refractivity contribution in [3.63, 3.8) is 0 Å². The number of amides is 1. The zero-order valence-electron chi connectivity index (χ0n) is 18.4. The maximum absolute atomic E-state index is 13.9. The molecule has 32 heavy (non-hydrogen) atoms. The number of halogens is 2. The Kier molecular flexibility index (Phi) is 6.35. The highest BCUT2D eigenvalue weighted by Crippen LogP contribution is 2.31. The number of nitrogens with zero attached hydrogens (tertiary/aromatic N) is 2. The lowest BCUT2D eigenvalue weighted by molar-refractivity contribution is 0.0743. The van der Waals surface area contributed by atoms with Gasteiger partial charge in [-0.05, 0) is 45.4 Å². The molecule has 170 valence electrons. The highest BCUT2D eigenvalue weighted by Gasteiger charge is 2.34. The smallest absolute Gasteiger partial charge is 0.258 e. The molecule has 0 radical (unpaired) electrons. The third-order valence-electron chi connectivity index (χ3n) is 5.92. The van der Waals surface area contributed by atoms with E-state index in [2.05, 4.69) is 22.5 Å². The van der Waals surface area contributed by atoms with Gasteiger partial charge in [-0.1, -0.05) is 18.5 Å². The van der Waals surface area contributed by atoms with E-state index in [1.807, 2.05) is 6.92 Å². The van der Waals surface area contributed by atoms with Crippen molar-refractivity contribution in [2.45, 2.75) is 45.8 Å². The first-order valence-corrected chi connectivity index (χ1v) is 11.1. The fourth-order valence-corrected chi connectivity index (χ4v) is 4.21. The molecule has 2 aliphatic heterocycles. The van der Waals surface area contributed by atoms with Crippen LogP contribution in [0.2, 0.25) is 0 Å². The molecule has 1 aromatic carbocycles. The van der Waals surface area contributed by atoms with Crippen LogP contribution in [0.4, 0.5) is 4.39 Å². The predicted molar refractivity (Wildman–Crippen MR) is 123 cm³/mol. The highest BCUT2D eigenvalue weighted by molar-refractivity contribution is 6.43. The van der Waals surface area contributed by atoms with E-state index in [1.54, 1.807) is 11.8 Å². The van der Waals surface area contributed by atoms with Crippen molar-refractivity contribution < 1.29 is 13.9 Å². The van der Waals surface area contributed by atoms with Gasteiger partial charge >= 0.3 is 0 Å². The van der Waals surface area contributed by atoms with Gasteiger partial charge in [0.2, 0.25) is 0 Å². The van der Waals surface area contributed by atoms with Crippen LogP contribution in [0.15, 0.2) is 45.3 Å². The maximum Gasteiger partial charge on any atom is 0.258 e. The van der Waals surface area contributed by atoms with Crippen molar-refractivity contribution >= 4 is 28.9 Å². The molecule has 0 unspecified atom stereocenters. The minimum absolute atomic E-state index is 0.0507. The van der Waals surface area contributed by atoms with Crippen molar-refractivity contribution in [1.82, 2.24) is 15.5 Å². The number of likely N-dealkylation sites (tertiary alicyclic amines) is 1.